The first-order valence-electron chi connectivity index (χ1n) is 9.00. The summed E-state index contributed by atoms with van der Waals surface area (Å²) in [4.78, 5) is 15.8. The Hall–Kier alpha value is -1.82. The number of alkyl halides is 2. The summed E-state index contributed by atoms with van der Waals surface area (Å²) in [7, 11) is -4.00. The smallest absolute Gasteiger partial charge is 0.387 e. The minimum absolute atomic E-state index is 0.0552. The molecule has 0 atom stereocenters. The Labute approximate surface area is 162 Å². The van der Waals surface area contributed by atoms with Gasteiger partial charge in [0.05, 0.1) is 19.8 Å². The predicted octanol–water partition coefficient (Wildman–Crippen LogP) is 0.453. The minimum Gasteiger partial charge on any atom is -0.433 e. The Bertz CT molecular complexity index is 779. The topological polar surface area (TPSA) is 79.4 Å². The number of ether oxygens (including phenoxy) is 2. The molecule has 0 aromatic heterocycles. The van der Waals surface area contributed by atoms with E-state index in [0.29, 0.717) is 26.3 Å². The molecule has 1 aromatic carbocycles. The number of hydrogen-bond donors (Lipinski definition) is 0. The first-order valence-corrected chi connectivity index (χ1v) is 10.4. The molecule has 1 amide bonds. The van der Waals surface area contributed by atoms with E-state index in [9.17, 15) is 22.0 Å². The average Bonchev–Trinajstić information content (AvgIpc) is 2.68. The molecule has 2 saturated heterocycles. The van der Waals surface area contributed by atoms with E-state index in [4.69, 9.17) is 4.74 Å². The first kappa shape index (κ1) is 20.9. The van der Waals surface area contributed by atoms with Crippen molar-refractivity contribution < 1.29 is 31.5 Å². The average molecular weight is 419 g/mol. The summed E-state index contributed by atoms with van der Waals surface area (Å²) in [5.41, 5.74) is 0. The summed E-state index contributed by atoms with van der Waals surface area (Å²) in [5.74, 6) is -0.441. The van der Waals surface area contributed by atoms with E-state index < -0.39 is 16.6 Å². The number of rotatable bonds is 6. The lowest BCUT2D eigenvalue weighted by atomic mass is 10.3. The van der Waals surface area contributed by atoms with Crippen LogP contribution < -0.4 is 4.74 Å². The van der Waals surface area contributed by atoms with E-state index in [0.717, 1.165) is 0 Å². The molecule has 11 heteroatoms. The van der Waals surface area contributed by atoms with Crippen LogP contribution in [0.2, 0.25) is 0 Å². The Balaban J connectivity index is 1.61. The van der Waals surface area contributed by atoms with Crippen LogP contribution in [-0.4, -0.2) is 94.1 Å². The lowest BCUT2D eigenvalue weighted by molar-refractivity contribution is -0.134. The molecule has 0 radical (unpaired) electrons. The van der Waals surface area contributed by atoms with Gasteiger partial charge in [0.1, 0.15) is 10.6 Å². The van der Waals surface area contributed by atoms with Crippen LogP contribution >= 0.6 is 0 Å². The number of sulfonamides is 1. The second-order valence-corrected chi connectivity index (χ2v) is 8.40. The number of para-hydroxylation sites is 1. The molecule has 2 heterocycles. The van der Waals surface area contributed by atoms with Gasteiger partial charge in [-0.2, -0.15) is 13.1 Å². The summed E-state index contributed by atoms with van der Waals surface area (Å²) in [6, 6.07) is 5.32. The van der Waals surface area contributed by atoms with Crippen molar-refractivity contribution in [2.24, 2.45) is 0 Å². The van der Waals surface area contributed by atoms with Crippen molar-refractivity contribution in [3.63, 3.8) is 0 Å². The quantitative estimate of drug-likeness (QED) is 0.666. The molecule has 0 aliphatic carbocycles. The third kappa shape index (κ3) is 4.96. The fraction of sp³-hybridized carbons (Fsp3) is 0.588. The van der Waals surface area contributed by atoms with E-state index in [1.807, 2.05) is 4.90 Å². The molecule has 28 heavy (non-hydrogen) atoms. The van der Waals surface area contributed by atoms with Crippen LogP contribution in [0.25, 0.3) is 0 Å². The number of piperazine rings is 1. The molecule has 0 saturated carbocycles. The summed E-state index contributed by atoms with van der Waals surface area (Å²) >= 11 is 0. The molecule has 0 spiro atoms. The van der Waals surface area contributed by atoms with Crippen LogP contribution in [0.3, 0.4) is 0 Å². The molecule has 2 fully saturated rings. The van der Waals surface area contributed by atoms with E-state index in [1.165, 1.54) is 28.6 Å². The van der Waals surface area contributed by atoms with Gasteiger partial charge < -0.3 is 14.4 Å². The van der Waals surface area contributed by atoms with Crippen LogP contribution in [0.1, 0.15) is 0 Å². The maximum absolute atomic E-state index is 12.9. The molecule has 3 rings (SSSR count). The van der Waals surface area contributed by atoms with Gasteiger partial charge in [0.25, 0.3) is 0 Å². The molecule has 0 N–H and O–H groups in total. The number of morpholine rings is 1. The molecule has 0 bridgehead atoms. The highest BCUT2D eigenvalue weighted by Gasteiger charge is 2.32. The van der Waals surface area contributed by atoms with Crippen molar-refractivity contribution in [2.45, 2.75) is 11.5 Å². The van der Waals surface area contributed by atoms with Crippen molar-refractivity contribution >= 4 is 15.9 Å². The Morgan fingerprint density at radius 1 is 1.07 bits per heavy atom. The zero-order valence-electron chi connectivity index (χ0n) is 15.3. The number of halogens is 2. The van der Waals surface area contributed by atoms with Crippen molar-refractivity contribution in [1.82, 2.24) is 14.1 Å². The zero-order valence-corrected chi connectivity index (χ0v) is 16.1. The largest absolute Gasteiger partial charge is 0.433 e. The Morgan fingerprint density at radius 2 is 1.71 bits per heavy atom. The highest BCUT2D eigenvalue weighted by Crippen LogP contribution is 2.28. The van der Waals surface area contributed by atoms with E-state index in [-0.39, 0.29) is 49.3 Å². The van der Waals surface area contributed by atoms with Gasteiger partial charge in [-0.1, -0.05) is 12.1 Å². The highest BCUT2D eigenvalue weighted by molar-refractivity contribution is 7.89. The van der Waals surface area contributed by atoms with Gasteiger partial charge in [0.15, 0.2) is 0 Å². The van der Waals surface area contributed by atoms with E-state index in [1.54, 1.807) is 4.90 Å². The third-order valence-corrected chi connectivity index (χ3v) is 6.68. The standard InChI is InChI=1S/C17H23F2N3O5S/c18-17(19)27-14-3-1-2-4-15(14)28(24,25)22-7-5-21(6-8-22)16(23)13-20-9-11-26-12-10-20/h1-4,17H,5-13H2. The van der Waals surface area contributed by atoms with Gasteiger partial charge in [0.2, 0.25) is 15.9 Å². The molecular weight excluding hydrogens is 396 g/mol. The Kier molecular flexibility index (Phi) is 6.81. The molecule has 2 aliphatic rings. The van der Waals surface area contributed by atoms with Gasteiger partial charge in [-0.05, 0) is 12.1 Å². The molecular formula is C17H23F2N3O5S. The number of carbonyl (C=O) groups is 1. The first-order chi connectivity index (χ1) is 13.4. The van der Waals surface area contributed by atoms with E-state index >= 15 is 0 Å². The number of carbonyl (C=O) groups excluding carboxylic acids is 1. The maximum Gasteiger partial charge on any atom is 0.387 e. The summed E-state index contributed by atoms with van der Waals surface area (Å²) in [5, 5.41) is 0. The third-order valence-electron chi connectivity index (χ3n) is 4.74. The molecule has 8 nitrogen and oxygen atoms in total. The van der Waals surface area contributed by atoms with Gasteiger partial charge >= 0.3 is 6.61 Å². The van der Waals surface area contributed by atoms with Crippen molar-refractivity contribution in [3.8, 4) is 5.75 Å². The van der Waals surface area contributed by atoms with Crippen LogP contribution in [0.15, 0.2) is 29.2 Å². The van der Waals surface area contributed by atoms with Crippen LogP contribution in [0.4, 0.5) is 8.78 Å². The monoisotopic (exact) mass is 419 g/mol. The SMILES string of the molecule is O=C(CN1CCOCC1)N1CCN(S(=O)(=O)c2ccccc2OC(F)F)CC1. The summed E-state index contributed by atoms with van der Waals surface area (Å²) in [6.07, 6.45) is 0. The van der Waals surface area contributed by atoms with Crippen molar-refractivity contribution in [3.05, 3.63) is 24.3 Å². The van der Waals surface area contributed by atoms with Gasteiger partial charge in [-0.25, -0.2) is 8.42 Å². The molecule has 156 valence electrons. The Morgan fingerprint density at radius 3 is 2.36 bits per heavy atom. The van der Waals surface area contributed by atoms with Gasteiger partial charge in [-0.15, -0.1) is 0 Å². The van der Waals surface area contributed by atoms with Crippen LogP contribution in [0.5, 0.6) is 5.75 Å². The lowest BCUT2D eigenvalue weighted by Gasteiger charge is -2.35. The molecule has 0 unspecified atom stereocenters. The van der Waals surface area contributed by atoms with Gasteiger partial charge in [0, 0.05) is 39.3 Å². The van der Waals surface area contributed by atoms with E-state index in [2.05, 4.69) is 4.74 Å². The zero-order chi connectivity index (χ0) is 20.1. The van der Waals surface area contributed by atoms with Crippen LogP contribution in [-0.2, 0) is 19.6 Å². The molecule has 1 aromatic rings. The van der Waals surface area contributed by atoms with Gasteiger partial charge in [-0.3, -0.25) is 9.69 Å². The summed E-state index contributed by atoms with van der Waals surface area (Å²) < 4.78 is 61.7. The number of hydrogen-bond acceptors (Lipinski definition) is 6. The second-order valence-electron chi connectivity index (χ2n) is 6.50. The minimum atomic E-state index is -4.00. The number of benzene rings is 1. The van der Waals surface area contributed by atoms with Crippen LogP contribution in [0, 0.1) is 0 Å². The fourth-order valence-corrected chi connectivity index (χ4v) is 4.77. The number of amides is 1. The maximum atomic E-state index is 12.9. The number of nitrogens with zero attached hydrogens (tertiary/aromatic N) is 3. The molecule has 2 aliphatic heterocycles. The second kappa shape index (κ2) is 9.12. The van der Waals surface area contributed by atoms with Crippen molar-refractivity contribution in [2.75, 3.05) is 59.0 Å². The lowest BCUT2D eigenvalue weighted by Crippen LogP contribution is -2.53. The highest BCUT2D eigenvalue weighted by atomic mass is 32.2. The van der Waals surface area contributed by atoms with Crippen molar-refractivity contribution in [1.29, 1.82) is 0 Å². The fourth-order valence-electron chi connectivity index (χ4n) is 3.22. The summed E-state index contributed by atoms with van der Waals surface area (Å²) in [6.45, 7) is 0.439. The normalized spacial score (nSPS) is 19.8. The predicted molar refractivity (Wildman–Crippen MR) is 95.7 cm³/mol.